The van der Waals surface area contributed by atoms with Crippen molar-refractivity contribution in [3.05, 3.63) is 57.5 Å². The molecule has 128 valence electrons. The Morgan fingerprint density at radius 1 is 1.16 bits per heavy atom. The van der Waals surface area contributed by atoms with Crippen molar-refractivity contribution in [3.63, 3.8) is 0 Å². The molecule has 0 aliphatic heterocycles. The maximum atomic E-state index is 12.3. The quantitative estimate of drug-likeness (QED) is 0.496. The van der Waals surface area contributed by atoms with Crippen molar-refractivity contribution < 1.29 is 4.79 Å². The number of anilines is 1. The number of carbonyl (C=O) groups excluding carboxylic acids is 1. The Hall–Kier alpha value is -1.64. The summed E-state index contributed by atoms with van der Waals surface area (Å²) in [6.45, 7) is 1.83. The van der Waals surface area contributed by atoms with E-state index in [1.54, 1.807) is 0 Å². The SMILES string of the molecule is C[C@@H](Sc1n[nH]c(-c2ccccc2Br)n1)C(=O)Nc1ccc(Br)cc1. The van der Waals surface area contributed by atoms with Gasteiger partial charge in [0.15, 0.2) is 5.82 Å². The highest BCUT2D eigenvalue weighted by atomic mass is 79.9. The highest BCUT2D eigenvalue weighted by molar-refractivity contribution is 9.10. The van der Waals surface area contributed by atoms with E-state index < -0.39 is 0 Å². The van der Waals surface area contributed by atoms with Gasteiger partial charge in [-0.3, -0.25) is 9.89 Å². The monoisotopic (exact) mass is 480 g/mol. The number of nitrogens with one attached hydrogen (secondary N) is 2. The summed E-state index contributed by atoms with van der Waals surface area (Å²) < 4.78 is 1.90. The van der Waals surface area contributed by atoms with Crippen LogP contribution in [0.2, 0.25) is 0 Å². The Morgan fingerprint density at radius 2 is 1.88 bits per heavy atom. The van der Waals surface area contributed by atoms with Gasteiger partial charge < -0.3 is 5.32 Å². The number of aromatic amines is 1. The lowest BCUT2D eigenvalue weighted by Crippen LogP contribution is -2.22. The summed E-state index contributed by atoms with van der Waals surface area (Å²) in [4.78, 5) is 16.8. The lowest BCUT2D eigenvalue weighted by atomic mass is 10.2. The van der Waals surface area contributed by atoms with Crippen molar-refractivity contribution >= 4 is 55.2 Å². The number of nitrogens with zero attached hydrogens (tertiary/aromatic N) is 2. The molecule has 0 bridgehead atoms. The number of hydrogen-bond acceptors (Lipinski definition) is 4. The predicted molar refractivity (Wildman–Crippen MR) is 108 cm³/mol. The van der Waals surface area contributed by atoms with Gasteiger partial charge in [-0.15, -0.1) is 5.10 Å². The molecule has 0 radical (unpaired) electrons. The first-order valence-corrected chi connectivity index (χ1v) is 9.90. The van der Waals surface area contributed by atoms with Gasteiger partial charge in [0.1, 0.15) is 0 Å². The van der Waals surface area contributed by atoms with Gasteiger partial charge in [0.05, 0.1) is 5.25 Å². The van der Waals surface area contributed by atoms with Crippen LogP contribution in [0.3, 0.4) is 0 Å². The molecule has 1 heterocycles. The van der Waals surface area contributed by atoms with Gasteiger partial charge in [-0.05, 0) is 37.3 Å². The summed E-state index contributed by atoms with van der Waals surface area (Å²) >= 11 is 8.17. The van der Waals surface area contributed by atoms with E-state index >= 15 is 0 Å². The van der Waals surface area contributed by atoms with Gasteiger partial charge in [0.2, 0.25) is 11.1 Å². The van der Waals surface area contributed by atoms with Crippen LogP contribution in [0, 0.1) is 0 Å². The Morgan fingerprint density at radius 3 is 2.60 bits per heavy atom. The Kier molecular flexibility index (Phi) is 5.93. The molecule has 3 rings (SSSR count). The smallest absolute Gasteiger partial charge is 0.237 e. The van der Waals surface area contributed by atoms with Crippen LogP contribution in [0.1, 0.15) is 6.92 Å². The number of halogens is 2. The van der Waals surface area contributed by atoms with E-state index in [9.17, 15) is 4.79 Å². The fraction of sp³-hybridized carbons (Fsp3) is 0.118. The zero-order valence-corrected chi connectivity index (χ0v) is 17.2. The third kappa shape index (κ3) is 4.71. The van der Waals surface area contributed by atoms with E-state index in [4.69, 9.17) is 0 Å². The van der Waals surface area contributed by atoms with E-state index in [1.165, 1.54) is 11.8 Å². The van der Waals surface area contributed by atoms with Crippen LogP contribution < -0.4 is 5.32 Å². The predicted octanol–water partition coefficient (Wildman–Crippen LogP) is 5.12. The van der Waals surface area contributed by atoms with Gasteiger partial charge >= 0.3 is 0 Å². The third-order valence-corrected chi connectivity index (χ3v) is 5.54. The van der Waals surface area contributed by atoms with Crippen molar-refractivity contribution in [2.24, 2.45) is 0 Å². The molecule has 0 spiro atoms. The standard InChI is InChI=1S/C17H14Br2N4OS/c1-10(16(24)20-12-8-6-11(18)7-9-12)25-17-21-15(22-23-17)13-4-2-3-5-14(13)19/h2-10H,1H3,(H,20,24)(H,21,22,23)/t10-/m1/s1. The van der Waals surface area contributed by atoms with Crippen LogP contribution in [0.15, 0.2) is 62.6 Å². The topological polar surface area (TPSA) is 70.7 Å². The fourth-order valence-electron chi connectivity index (χ4n) is 2.06. The number of rotatable bonds is 5. The van der Waals surface area contributed by atoms with Gasteiger partial charge in [-0.1, -0.05) is 61.8 Å². The molecule has 0 unspecified atom stereocenters. The minimum atomic E-state index is -0.327. The highest BCUT2D eigenvalue weighted by Crippen LogP contribution is 2.28. The second kappa shape index (κ2) is 8.16. The Balaban J connectivity index is 1.65. The number of thioether (sulfide) groups is 1. The van der Waals surface area contributed by atoms with E-state index in [1.807, 2.05) is 55.5 Å². The minimum absolute atomic E-state index is 0.0976. The molecule has 25 heavy (non-hydrogen) atoms. The van der Waals surface area contributed by atoms with Crippen molar-refractivity contribution in [1.29, 1.82) is 0 Å². The van der Waals surface area contributed by atoms with E-state index in [0.29, 0.717) is 11.0 Å². The van der Waals surface area contributed by atoms with Crippen molar-refractivity contribution in [2.75, 3.05) is 5.32 Å². The number of H-pyrrole nitrogens is 1. The molecule has 3 aromatic rings. The van der Waals surface area contributed by atoms with E-state index in [2.05, 4.69) is 52.4 Å². The van der Waals surface area contributed by atoms with Gasteiger partial charge in [-0.2, -0.15) is 0 Å². The van der Waals surface area contributed by atoms with Gasteiger partial charge in [0, 0.05) is 20.2 Å². The van der Waals surface area contributed by atoms with Crippen LogP contribution >= 0.6 is 43.6 Å². The van der Waals surface area contributed by atoms with E-state index in [0.717, 1.165) is 20.2 Å². The maximum absolute atomic E-state index is 12.3. The average Bonchev–Trinajstić information content (AvgIpc) is 3.05. The molecule has 1 atom stereocenters. The molecule has 0 saturated carbocycles. The number of aromatic nitrogens is 3. The van der Waals surface area contributed by atoms with Crippen molar-refractivity contribution in [1.82, 2.24) is 15.2 Å². The molecular weight excluding hydrogens is 468 g/mol. The van der Waals surface area contributed by atoms with Crippen molar-refractivity contribution in [2.45, 2.75) is 17.3 Å². The Bertz CT molecular complexity index is 882. The third-order valence-electron chi connectivity index (χ3n) is 3.36. The molecule has 1 amide bonds. The van der Waals surface area contributed by atoms with Gasteiger partial charge in [-0.25, -0.2) is 4.98 Å². The molecule has 0 aliphatic rings. The number of benzene rings is 2. The second-order valence-electron chi connectivity index (χ2n) is 5.20. The van der Waals surface area contributed by atoms with Crippen LogP contribution in [-0.2, 0) is 4.79 Å². The lowest BCUT2D eigenvalue weighted by molar-refractivity contribution is -0.115. The zero-order chi connectivity index (χ0) is 17.8. The van der Waals surface area contributed by atoms with Gasteiger partial charge in [0.25, 0.3) is 0 Å². The van der Waals surface area contributed by atoms with Crippen LogP contribution in [0.25, 0.3) is 11.4 Å². The summed E-state index contributed by atoms with van der Waals surface area (Å²) in [7, 11) is 0. The summed E-state index contributed by atoms with van der Waals surface area (Å²) in [5, 5.41) is 10.2. The molecule has 1 aromatic heterocycles. The molecule has 2 aromatic carbocycles. The first-order chi connectivity index (χ1) is 12.0. The van der Waals surface area contributed by atoms with Crippen LogP contribution in [0.4, 0.5) is 5.69 Å². The summed E-state index contributed by atoms with van der Waals surface area (Å²) in [6, 6.07) is 15.2. The molecule has 0 saturated heterocycles. The fourth-order valence-corrected chi connectivity index (χ4v) is 3.52. The minimum Gasteiger partial charge on any atom is -0.325 e. The number of hydrogen-bond donors (Lipinski definition) is 2. The molecule has 5 nitrogen and oxygen atoms in total. The highest BCUT2D eigenvalue weighted by Gasteiger charge is 2.18. The van der Waals surface area contributed by atoms with Crippen LogP contribution in [0.5, 0.6) is 0 Å². The first kappa shape index (κ1) is 18.2. The summed E-state index contributed by atoms with van der Waals surface area (Å²) in [5.74, 6) is 0.565. The first-order valence-electron chi connectivity index (χ1n) is 7.43. The molecule has 8 heteroatoms. The second-order valence-corrected chi connectivity index (χ2v) is 8.28. The van der Waals surface area contributed by atoms with E-state index in [-0.39, 0.29) is 11.2 Å². The number of amides is 1. The molecular formula is C17H14Br2N4OS. The number of carbonyl (C=O) groups is 1. The van der Waals surface area contributed by atoms with Crippen LogP contribution in [-0.4, -0.2) is 26.3 Å². The lowest BCUT2D eigenvalue weighted by Gasteiger charge is -2.10. The van der Waals surface area contributed by atoms with Crippen molar-refractivity contribution in [3.8, 4) is 11.4 Å². The largest absolute Gasteiger partial charge is 0.325 e. The molecule has 2 N–H and O–H groups in total. The zero-order valence-electron chi connectivity index (χ0n) is 13.2. The normalized spacial score (nSPS) is 12.0. The molecule has 0 fully saturated rings. The Labute approximate surface area is 166 Å². The summed E-state index contributed by atoms with van der Waals surface area (Å²) in [6.07, 6.45) is 0. The molecule has 0 aliphatic carbocycles. The maximum Gasteiger partial charge on any atom is 0.237 e. The summed E-state index contributed by atoms with van der Waals surface area (Å²) in [5.41, 5.74) is 1.68. The average molecular weight is 482 g/mol.